The molecule has 3 aromatic rings. The van der Waals surface area contributed by atoms with E-state index in [0.717, 1.165) is 0 Å². The van der Waals surface area contributed by atoms with Crippen LogP contribution in [0.1, 0.15) is 15.9 Å². The highest BCUT2D eigenvalue weighted by atomic mass is 19.1. The Morgan fingerprint density at radius 3 is 2.78 bits per heavy atom. The number of halogens is 1. The Morgan fingerprint density at radius 2 is 2.09 bits per heavy atom. The number of carbonyl (C=O) groups is 1. The SMILES string of the molecule is Cc1cccc(-c2[nH]c(-c3ccnc(N)n3)cc2C(N)=O)c1F. The molecule has 7 heteroatoms. The molecule has 0 aliphatic carbocycles. The summed E-state index contributed by atoms with van der Waals surface area (Å²) in [4.78, 5) is 22.6. The second kappa shape index (κ2) is 5.53. The van der Waals surface area contributed by atoms with Gasteiger partial charge in [0.05, 0.1) is 22.6 Å². The number of aromatic amines is 1. The molecule has 0 radical (unpaired) electrons. The Hall–Kier alpha value is -3.22. The molecule has 1 aromatic carbocycles. The summed E-state index contributed by atoms with van der Waals surface area (Å²) in [6, 6.07) is 8.10. The van der Waals surface area contributed by atoms with E-state index in [9.17, 15) is 9.18 Å². The molecule has 0 aliphatic heterocycles. The summed E-state index contributed by atoms with van der Waals surface area (Å²) in [5.74, 6) is -0.975. The van der Waals surface area contributed by atoms with Gasteiger partial charge in [0.1, 0.15) is 5.82 Å². The van der Waals surface area contributed by atoms with Gasteiger partial charge in [0.15, 0.2) is 0 Å². The number of anilines is 1. The first-order chi connectivity index (χ1) is 11.0. The van der Waals surface area contributed by atoms with Crippen LogP contribution in [0.15, 0.2) is 36.5 Å². The van der Waals surface area contributed by atoms with Crippen LogP contribution in [0.3, 0.4) is 0 Å². The highest BCUT2D eigenvalue weighted by molar-refractivity contribution is 6.00. The van der Waals surface area contributed by atoms with Crippen molar-refractivity contribution in [3.63, 3.8) is 0 Å². The number of hydrogen-bond acceptors (Lipinski definition) is 4. The van der Waals surface area contributed by atoms with Crippen LogP contribution in [0, 0.1) is 12.7 Å². The van der Waals surface area contributed by atoms with E-state index in [2.05, 4.69) is 15.0 Å². The van der Waals surface area contributed by atoms with Gasteiger partial charge in [-0.1, -0.05) is 12.1 Å². The monoisotopic (exact) mass is 311 g/mol. The van der Waals surface area contributed by atoms with Crippen LogP contribution in [0.25, 0.3) is 22.6 Å². The molecule has 116 valence electrons. The zero-order valence-electron chi connectivity index (χ0n) is 12.3. The van der Waals surface area contributed by atoms with Crippen LogP contribution in [-0.4, -0.2) is 20.9 Å². The Bertz CT molecular complexity index is 903. The van der Waals surface area contributed by atoms with Crippen LogP contribution < -0.4 is 11.5 Å². The van der Waals surface area contributed by atoms with Crippen LogP contribution in [0.5, 0.6) is 0 Å². The molecule has 0 fully saturated rings. The van der Waals surface area contributed by atoms with Crippen molar-refractivity contribution in [2.24, 2.45) is 5.73 Å². The lowest BCUT2D eigenvalue weighted by Crippen LogP contribution is -2.11. The second-order valence-corrected chi connectivity index (χ2v) is 5.07. The second-order valence-electron chi connectivity index (χ2n) is 5.07. The summed E-state index contributed by atoms with van der Waals surface area (Å²) in [6.45, 7) is 1.65. The Kier molecular flexibility index (Phi) is 3.53. The van der Waals surface area contributed by atoms with Crippen molar-refractivity contribution in [2.75, 3.05) is 5.73 Å². The van der Waals surface area contributed by atoms with E-state index in [-0.39, 0.29) is 17.1 Å². The molecule has 1 amide bonds. The molecule has 0 aliphatic rings. The summed E-state index contributed by atoms with van der Waals surface area (Å²) in [6.07, 6.45) is 1.50. The van der Waals surface area contributed by atoms with Gasteiger partial charge in [-0.15, -0.1) is 0 Å². The first kappa shape index (κ1) is 14.7. The molecule has 0 bridgehead atoms. The van der Waals surface area contributed by atoms with Crippen LogP contribution in [-0.2, 0) is 0 Å². The summed E-state index contributed by atoms with van der Waals surface area (Å²) in [7, 11) is 0. The van der Waals surface area contributed by atoms with Gasteiger partial charge < -0.3 is 16.5 Å². The zero-order chi connectivity index (χ0) is 16.6. The average Bonchev–Trinajstić information content (AvgIpc) is 2.95. The Morgan fingerprint density at radius 1 is 1.30 bits per heavy atom. The third-order valence-corrected chi connectivity index (χ3v) is 3.49. The summed E-state index contributed by atoms with van der Waals surface area (Å²) in [5.41, 5.74) is 13.2. The topological polar surface area (TPSA) is 111 Å². The molecule has 0 saturated heterocycles. The fourth-order valence-corrected chi connectivity index (χ4v) is 2.36. The van der Waals surface area contributed by atoms with Crippen molar-refractivity contribution in [3.05, 3.63) is 53.5 Å². The summed E-state index contributed by atoms with van der Waals surface area (Å²) >= 11 is 0. The zero-order valence-corrected chi connectivity index (χ0v) is 12.3. The van der Waals surface area contributed by atoms with E-state index in [1.807, 2.05) is 0 Å². The van der Waals surface area contributed by atoms with Crippen molar-refractivity contribution in [1.29, 1.82) is 0 Å². The number of H-pyrrole nitrogens is 1. The number of amides is 1. The number of benzene rings is 1. The van der Waals surface area contributed by atoms with Crippen LogP contribution >= 0.6 is 0 Å². The van der Waals surface area contributed by atoms with Gasteiger partial charge in [-0.05, 0) is 30.7 Å². The maximum absolute atomic E-state index is 14.4. The molecule has 3 rings (SSSR count). The largest absolute Gasteiger partial charge is 0.368 e. The third kappa shape index (κ3) is 2.64. The molecule has 5 N–H and O–H groups in total. The molecule has 6 nitrogen and oxygen atoms in total. The summed E-state index contributed by atoms with van der Waals surface area (Å²) in [5, 5.41) is 0. The lowest BCUT2D eigenvalue weighted by atomic mass is 10.0. The minimum atomic E-state index is -0.662. The highest BCUT2D eigenvalue weighted by Gasteiger charge is 2.19. The quantitative estimate of drug-likeness (QED) is 0.689. The maximum atomic E-state index is 14.4. The van der Waals surface area contributed by atoms with Crippen molar-refractivity contribution in [2.45, 2.75) is 6.92 Å². The Balaban J connectivity index is 2.21. The van der Waals surface area contributed by atoms with E-state index in [1.165, 1.54) is 12.3 Å². The lowest BCUT2D eigenvalue weighted by molar-refractivity contribution is 0.100. The minimum Gasteiger partial charge on any atom is -0.368 e. The number of nitrogens with one attached hydrogen (secondary N) is 1. The van der Waals surface area contributed by atoms with Crippen molar-refractivity contribution in [1.82, 2.24) is 15.0 Å². The van der Waals surface area contributed by atoms with Crippen LogP contribution in [0.4, 0.5) is 10.3 Å². The van der Waals surface area contributed by atoms with E-state index >= 15 is 0 Å². The van der Waals surface area contributed by atoms with Gasteiger partial charge in [-0.2, -0.15) is 0 Å². The standard InChI is InChI=1S/C16H14FN5O/c1-8-3-2-4-9(13(8)17)14-10(15(18)23)7-12(21-14)11-5-6-20-16(19)22-11/h2-7,21H,1H3,(H2,18,23)(H2,19,20,22). The van der Waals surface area contributed by atoms with Crippen molar-refractivity contribution < 1.29 is 9.18 Å². The maximum Gasteiger partial charge on any atom is 0.250 e. The van der Waals surface area contributed by atoms with E-state index in [4.69, 9.17) is 11.5 Å². The number of carbonyl (C=O) groups excluding carboxylic acids is 1. The predicted molar refractivity (Wildman–Crippen MR) is 84.9 cm³/mol. The average molecular weight is 311 g/mol. The number of nitrogen functional groups attached to an aromatic ring is 1. The molecular weight excluding hydrogens is 297 g/mol. The van der Waals surface area contributed by atoms with Gasteiger partial charge in [0.2, 0.25) is 5.95 Å². The Labute approximate surface area is 131 Å². The lowest BCUT2D eigenvalue weighted by Gasteiger charge is -2.05. The van der Waals surface area contributed by atoms with E-state index in [0.29, 0.717) is 22.6 Å². The smallest absolute Gasteiger partial charge is 0.250 e. The fourth-order valence-electron chi connectivity index (χ4n) is 2.36. The van der Waals surface area contributed by atoms with Crippen LogP contribution in [0.2, 0.25) is 0 Å². The number of hydrogen-bond donors (Lipinski definition) is 3. The number of aromatic nitrogens is 3. The van der Waals surface area contributed by atoms with Gasteiger partial charge >= 0.3 is 0 Å². The molecule has 0 atom stereocenters. The molecule has 2 heterocycles. The molecule has 0 spiro atoms. The molecule has 23 heavy (non-hydrogen) atoms. The van der Waals surface area contributed by atoms with Gasteiger partial charge in [0.25, 0.3) is 5.91 Å². The highest BCUT2D eigenvalue weighted by Crippen LogP contribution is 2.30. The summed E-state index contributed by atoms with van der Waals surface area (Å²) < 4.78 is 14.4. The first-order valence-corrected chi connectivity index (χ1v) is 6.84. The number of nitrogens with two attached hydrogens (primary N) is 2. The van der Waals surface area contributed by atoms with Gasteiger partial charge in [0, 0.05) is 11.8 Å². The van der Waals surface area contributed by atoms with Gasteiger partial charge in [-0.25, -0.2) is 14.4 Å². The number of rotatable bonds is 3. The van der Waals surface area contributed by atoms with Crippen molar-refractivity contribution in [3.8, 4) is 22.6 Å². The number of primary amides is 1. The minimum absolute atomic E-state index is 0.0982. The first-order valence-electron chi connectivity index (χ1n) is 6.84. The molecular formula is C16H14FN5O. The molecule has 0 unspecified atom stereocenters. The normalized spacial score (nSPS) is 10.7. The predicted octanol–water partition coefficient (Wildman–Crippen LogP) is 2.27. The van der Waals surface area contributed by atoms with Gasteiger partial charge in [-0.3, -0.25) is 4.79 Å². The fraction of sp³-hybridized carbons (Fsp3) is 0.0625. The number of aryl methyl sites for hydroxylation is 1. The molecule has 2 aromatic heterocycles. The van der Waals surface area contributed by atoms with E-state index in [1.54, 1.807) is 31.2 Å². The number of nitrogens with zero attached hydrogens (tertiary/aromatic N) is 2. The van der Waals surface area contributed by atoms with E-state index < -0.39 is 11.7 Å². The molecule has 0 saturated carbocycles. The van der Waals surface area contributed by atoms with Crippen molar-refractivity contribution >= 4 is 11.9 Å². The third-order valence-electron chi connectivity index (χ3n) is 3.49.